The number of carbonyl (C=O) groups excluding carboxylic acids is 2. The molecular weight excluding hydrogens is 440 g/mol. The van der Waals surface area contributed by atoms with Crippen molar-refractivity contribution >= 4 is 20.1 Å². The Morgan fingerprint density at radius 1 is 1.09 bits per heavy atom. The van der Waals surface area contributed by atoms with Gasteiger partial charge >= 0.3 is 5.97 Å². The Labute approximate surface area is 207 Å². The lowest BCUT2D eigenvalue weighted by Crippen LogP contribution is -2.62. The third kappa shape index (κ3) is 2.69. The highest BCUT2D eigenvalue weighted by Crippen LogP contribution is 2.74. The van der Waals surface area contributed by atoms with Crippen LogP contribution >= 0.6 is 0 Å². The maximum atomic E-state index is 13.7. The molecule has 4 nitrogen and oxygen atoms in total. The number of fused-ring (bicyclic) bond motifs is 2. The Morgan fingerprint density at radius 3 is 2.35 bits per heavy atom. The zero-order valence-corrected chi connectivity index (χ0v) is 24.1. The first kappa shape index (κ1) is 24.7. The first-order valence-electron chi connectivity index (χ1n) is 13.6. The van der Waals surface area contributed by atoms with E-state index >= 15 is 0 Å². The lowest BCUT2D eigenvalue weighted by atomic mass is 9.40. The van der Waals surface area contributed by atoms with Gasteiger partial charge in [0, 0.05) is 17.8 Å². The third-order valence-corrected chi connectivity index (χ3v) is 16.7. The molecule has 0 bridgehead atoms. The first-order valence-corrected chi connectivity index (χ1v) is 16.5. The van der Waals surface area contributed by atoms with Crippen molar-refractivity contribution in [1.82, 2.24) is 0 Å². The second kappa shape index (κ2) is 6.88. The van der Waals surface area contributed by atoms with Crippen LogP contribution in [0.1, 0.15) is 87.5 Å². The van der Waals surface area contributed by atoms with E-state index in [0.717, 1.165) is 19.3 Å². The predicted molar refractivity (Wildman–Crippen MR) is 137 cm³/mol. The number of ether oxygens (including phenoxy) is 1. The molecule has 3 saturated carbocycles. The zero-order chi connectivity index (χ0) is 25.3. The summed E-state index contributed by atoms with van der Waals surface area (Å²) in [5.41, 5.74) is 0.129. The summed E-state index contributed by atoms with van der Waals surface area (Å²) in [5.74, 6) is 0.657. The molecule has 0 N–H and O–H groups in total. The highest BCUT2D eigenvalue weighted by atomic mass is 28.4. The fourth-order valence-electron chi connectivity index (χ4n) is 8.93. The van der Waals surface area contributed by atoms with Crippen LogP contribution in [-0.4, -0.2) is 32.3 Å². The normalized spacial score (nSPS) is 47.5. The zero-order valence-electron chi connectivity index (χ0n) is 23.1. The van der Waals surface area contributed by atoms with Crippen molar-refractivity contribution in [2.45, 2.75) is 118 Å². The van der Waals surface area contributed by atoms with Gasteiger partial charge in [-0.3, -0.25) is 9.59 Å². The number of esters is 1. The quantitative estimate of drug-likeness (QED) is 0.248. The van der Waals surface area contributed by atoms with E-state index in [2.05, 4.69) is 74.6 Å². The summed E-state index contributed by atoms with van der Waals surface area (Å²) in [6.07, 6.45) is 6.70. The molecule has 4 aliphatic carbocycles. The molecule has 0 aromatic rings. The summed E-state index contributed by atoms with van der Waals surface area (Å²) in [7, 11) is -1.91. The van der Waals surface area contributed by atoms with E-state index in [4.69, 9.17) is 9.16 Å². The summed E-state index contributed by atoms with van der Waals surface area (Å²) in [5, 5.41) is 0.176. The van der Waals surface area contributed by atoms with Gasteiger partial charge in [-0.05, 0) is 66.5 Å². The third-order valence-electron chi connectivity index (χ3n) is 12.2. The highest BCUT2D eigenvalue weighted by Gasteiger charge is 2.77. The van der Waals surface area contributed by atoms with E-state index in [9.17, 15) is 9.59 Å². The van der Waals surface area contributed by atoms with Crippen molar-refractivity contribution in [2.24, 2.45) is 39.4 Å². The monoisotopic (exact) mass is 486 g/mol. The molecule has 8 atom stereocenters. The number of ketones is 1. The van der Waals surface area contributed by atoms with Crippen LogP contribution in [0, 0.1) is 39.4 Å². The minimum absolute atomic E-state index is 0.0141. The minimum Gasteiger partial charge on any atom is -0.461 e. The maximum absolute atomic E-state index is 13.7. The Balaban J connectivity index is 1.58. The molecule has 0 aromatic carbocycles. The lowest BCUT2D eigenvalue weighted by Gasteiger charge is -2.63. The molecule has 5 aliphatic rings. The molecule has 0 unspecified atom stereocenters. The minimum atomic E-state index is -1.91. The second-order valence-corrected chi connectivity index (χ2v) is 19.6. The largest absolute Gasteiger partial charge is 0.461 e. The standard InChI is InChI=1S/C29H46O4Si/c1-17-15-18-23-19(32-24(31)29(23)14-11-21(30)28(17,29)8)16-20-26(5,6)22(12-13-27(18,20)7)33-34(9,10)25(2,3)4/h15,17,19-20,22-23H,11-14,16H2,1-10H3/t17-,19+,20-,22+,23-,27+,28+,29+/m1/s1. The second-order valence-electron chi connectivity index (χ2n) is 14.9. The number of Topliss-reactive ketones (excluding diaryl/α,β-unsaturated/α-hetero) is 1. The van der Waals surface area contributed by atoms with Crippen molar-refractivity contribution in [1.29, 1.82) is 0 Å². The number of allylic oxidation sites excluding steroid dienone is 1. The van der Waals surface area contributed by atoms with Gasteiger partial charge in [-0.15, -0.1) is 0 Å². The van der Waals surface area contributed by atoms with Gasteiger partial charge in [0.05, 0.1) is 11.5 Å². The van der Waals surface area contributed by atoms with Crippen LogP contribution in [0.5, 0.6) is 0 Å². The number of hydrogen-bond acceptors (Lipinski definition) is 4. The molecule has 0 aromatic heterocycles. The van der Waals surface area contributed by atoms with Crippen molar-refractivity contribution in [3.8, 4) is 0 Å². The van der Waals surface area contributed by atoms with Gasteiger partial charge in [0.15, 0.2) is 8.32 Å². The summed E-state index contributed by atoms with van der Waals surface area (Å²) in [6.45, 7) is 23.1. The molecule has 1 spiro atoms. The molecule has 5 heteroatoms. The van der Waals surface area contributed by atoms with Gasteiger partial charge in [0.1, 0.15) is 11.9 Å². The van der Waals surface area contributed by atoms with Gasteiger partial charge in [-0.1, -0.05) is 67.0 Å². The van der Waals surface area contributed by atoms with E-state index < -0.39 is 19.1 Å². The Morgan fingerprint density at radius 2 is 1.74 bits per heavy atom. The molecular formula is C29H46O4Si. The average Bonchev–Trinajstić information content (AvgIpc) is 3.15. The summed E-state index contributed by atoms with van der Waals surface area (Å²) < 4.78 is 13.3. The van der Waals surface area contributed by atoms with Crippen LogP contribution in [0.4, 0.5) is 0 Å². The average molecular weight is 487 g/mol. The van der Waals surface area contributed by atoms with Gasteiger partial charge in [0.25, 0.3) is 0 Å². The topological polar surface area (TPSA) is 52.6 Å². The van der Waals surface area contributed by atoms with E-state index in [-0.39, 0.29) is 51.7 Å². The lowest BCUT2D eigenvalue weighted by molar-refractivity contribution is -0.158. The van der Waals surface area contributed by atoms with Gasteiger partial charge in [0.2, 0.25) is 0 Å². The number of hydrogen-bond donors (Lipinski definition) is 0. The van der Waals surface area contributed by atoms with Crippen molar-refractivity contribution in [3.63, 3.8) is 0 Å². The molecule has 0 radical (unpaired) electrons. The van der Waals surface area contributed by atoms with E-state index in [0.29, 0.717) is 18.8 Å². The van der Waals surface area contributed by atoms with Crippen LogP contribution in [0.25, 0.3) is 0 Å². The maximum Gasteiger partial charge on any atom is 0.314 e. The van der Waals surface area contributed by atoms with Gasteiger partial charge < -0.3 is 9.16 Å². The summed E-state index contributed by atoms with van der Waals surface area (Å²) in [6, 6.07) is 0. The van der Waals surface area contributed by atoms with Crippen LogP contribution in [0.15, 0.2) is 11.6 Å². The van der Waals surface area contributed by atoms with E-state index in [1.165, 1.54) is 5.57 Å². The molecule has 4 fully saturated rings. The SMILES string of the molecule is C[C@@H]1C=C2[C@@H]3[C@H](C[C@@H]4C(C)(C)[C@@H](O[Si](C)(C)C(C)(C)C)CC[C@@]24C)OC(=O)[C@]32CCC(=O)[C@]12C. The molecule has 0 amide bonds. The molecule has 5 rings (SSSR count). The van der Waals surface area contributed by atoms with Gasteiger partial charge in [-0.25, -0.2) is 0 Å². The van der Waals surface area contributed by atoms with E-state index in [1.54, 1.807) is 0 Å². The predicted octanol–water partition coefficient (Wildman–Crippen LogP) is 6.70. The van der Waals surface area contributed by atoms with Crippen molar-refractivity contribution in [2.75, 3.05) is 0 Å². The summed E-state index contributed by atoms with van der Waals surface area (Å²) >= 11 is 0. The number of rotatable bonds is 2. The smallest absolute Gasteiger partial charge is 0.314 e. The van der Waals surface area contributed by atoms with Crippen molar-refractivity contribution in [3.05, 3.63) is 11.6 Å². The fourth-order valence-corrected chi connectivity index (χ4v) is 10.4. The highest BCUT2D eigenvalue weighted by molar-refractivity contribution is 6.74. The molecule has 190 valence electrons. The Bertz CT molecular complexity index is 973. The number of carbonyl (C=O) groups is 2. The molecule has 1 aliphatic heterocycles. The van der Waals surface area contributed by atoms with Crippen LogP contribution < -0.4 is 0 Å². The molecule has 1 saturated heterocycles. The van der Waals surface area contributed by atoms with Crippen LogP contribution in [-0.2, 0) is 18.8 Å². The fraction of sp³-hybridized carbons (Fsp3) is 0.862. The Hall–Kier alpha value is -0.943. The summed E-state index contributed by atoms with van der Waals surface area (Å²) in [4.78, 5) is 26.9. The first-order chi connectivity index (χ1) is 15.4. The van der Waals surface area contributed by atoms with Gasteiger partial charge in [-0.2, -0.15) is 0 Å². The van der Waals surface area contributed by atoms with Crippen LogP contribution in [0.2, 0.25) is 18.1 Å². The molecule has 1 heterocycles. The van der Waals surface area contributed by atoms with Crippen molar-refractivity contribution < 1.29 is 18.8 Å². The Kier molecular flexibility index (Phi) is 5.00. The van der Waals surface area contributed by atoms with Crippen LogP contribution in [0.3, 0.4) is 0 Å². The van der Waals surface area contributed by atoms with E-state index in [1.807, 2.05) is 0 Å². The molecule has 34 heavy (non-hydrogen) atoms.